The SMILES string of the molecule is CC[C@H]1[C@@H](O)[C@@H]2[C@H](CC[C@]3(C)[C@@H]([C@H](C)CCCNS(=O)(=O)c4ccccc4F)CC[C@@H]23)[C@@]2(C)CC[C@@H](O)[C@H](F)[C@@H]12. The van der Waals surface area contributed by atoms with E-state index in [9.17, 15) is 23.0 Å². The fourth-order valence-electron chi connectivity index (χ4n) is 10.5. The Morgan fingerprint density at radius 3 is 2.42 bits per heavy atom. The number of aliphatic hydroxyl groups excluding tert-OH is 2. The molecule has 5 nitrogen and oxygen atoms in total. The van der Waals surface area contributed by atoms with Crippen molar-refractivity contribution in [2.45, 2.75) is 109 Å². The van der Waals surface area contributed by atoms with E-state index in [1.807, 2.05) is 0 Å². The predicted octanol–water partition coefficient (Wildman–Crippen LogP) is 6.10. The van der Waals surface area contributed by atoms with Gasteiger partial charge in [-0.2, -0.15) is 0 Å². The van der Waals surface area contributed by atoms with Gasteiger partial charge in [-0.05, 0) is 110 Å². The van der Waals surface area contributed by atoms with E-state index in [0.717, 1.165) is 51.0 Å². The van der Waals surface area contributed by atoms with Gasteiger partial charge < -0.3 is 10.2 Å². The van der Waals surface area contributed by atoms with Crippen LogP contribution in [-0.4, -0.2) is 43.6 Å². The first-order valence-electron chi connectivity index (χ1n) is 15.6. The van der Waals surface area contributed by atoms with Crippen molar-refractivity contribution in [1.82, 2.24) is 4.72 Å². The van der Waals surface area contributed by atoms with Crippen molar-refractivity contribution in [2.24, 2.45) is 52.3 Å². The summed E-state index contributed by atoms with van der Waals surface area (Å²) in [6.45, 7) is 9.27. The number of rotatable bonds is 8. The molecule has 8 heteroatoms. The van der Waals surface area contributed by atoms with Crippen LogP contribution < -0.4 is 4.72 Å². The van der Waals surface area contributed by atoms with Crippen LogP contribution in [0, 0.1) is 58.1 Å². The fourth-order valence-corrected chi connectivity index (χ4v) is 11.7. The van der Waals surface area contributed by atoms with Crippen molar-refractivity contribution in [3.05, 3.63) is 30.1 Å². The van der Waals surface area contributed by atoms with E-state index in [1.165, 1.54) is 18.2 Å². The molecule has 40 heavy (non-hydrogen) atoms. The number of benzene rings is 1. The largest absolute Gasteiger partial charge is 0.393 e. The van der Waals surface area contributed by atoms with Gasteiger partial charge in [-0.15, -0.1) is 0 Å². The molecule has 12 atom stereocenters. The molecule has 0 bridgehead atoms. The van der Waals surface area contributed by atoms with Gasteiger partial charge in [-0.25, -0.2) is 21.9 Å². The molecule has 4 saturated carbocycles. The van der Waals surface area contributed by atoms with E-state index >= 15 is 4.39 Å². The Labute approximate surface area is 239 Å². The summed E-state index contributed by atoms with van der Waals surface area (Å²) in [6, 6.07) is 5.43. The third kappa shape index (κ3) is 4.87. The van der Waals surface area contributed by atoms with Gasteiger partial charge in [-0.1, -0.05) is 46.2 Å². The monoisotopic (exact) mass is 581 g/mol. The number of hydrogen-bond donors (Lipinski definition) is 3. The molecule has 3 N–H and O–H groups in total. The van der Waals surface area contributed by atoms with Crippen LogP contribution in [0.25, 0.3) is 0 Å². The zero-order valence-corrected chi connectivity index (χ0v) is 25.3. The Bertz CT molecular complexity index is 1170. The van der Waals surface area contributed by atoms with Crippen molar-refractivity contribution in [2.75, 3.05) is 6.54 Å². The number of nitrogens with one attached hydrogen (secondary N) is 1. The lowest BCUT2D eigenvalue weighted by Crippen LogP contribution is -2.65. The molecule has 4 aliphatic rings. The topological polar surface area (TPSA) is 86.6 Å². The molecule has 4 fully saturated rings. The second kappa shape index (κ2) is 11.2. The minimum Gasteiger partial charge on any atom is -0.393 e. The van der Waals surface area contributed by atoms with Gasteiger partial charge in [0.15, 0.2) is 0 Å². The van der Waals surface area contributed by atoms with Crippen molar-refractivity contribution < 1.29 is 27.4 Å². The van der Waals surface area contributed by atoms with Crippen LogP contribution in [0.1, 0.15) is 85.5 Å². The summed E-state index contributed by atoms with van der Waals surface area (Å²) in [5.74, 6) is 0.564. The molecular weight excluding hydrogens is 532 g/mol. The van der Waals surface area contributed by atoms with Crippen LogP contribution in [0.2, 0.25) is 0 Å². The van der Waals surface area contributed by atoms with Gasteiger partial charge >= 0.3 is 0 Å². The number of aliphatic hydroxyl groups is 2. The molecule has 226 valence electrons. The molecular formula is C32H49F2NO4S. The van der Waals surface area contributed by atoms with Crippen LogP contribution >= 0.6 is 0 Å². The molecule has 0 saturated heterocycles. The highest BCUT2D eigenvalue weighted by Crippen LogP contribution is 2.69. The fraction of sp³-hybridized carbons (Fsp3) is 0.812. The lowest BCUT2D eigenvalue weighted by Gasteiger charge is -2.65. The van der Waals surface area contributed by atoms with Gasteiger partial charge in [0.1, 0.15) is 16.9 Å². The molecule has 0 unspecified atom stereocenters. The molecule has 0 amide bonds. The van der Waals surface area contributed by atoms with Crippen LogP contribution in [-0.2, 0) is 10.0 Å². The number of fused-ring (bicyclic) bond motifs is 5. The van der Waals surface area contributed by atoms with Crippen molar-refractivity contribution in [3.8, 4) is 0 Å². The second-order valence-electron chi connectivity index (χ2n) is 14.1. The summed E-state index contributed by atoms with van der Waals surface area (Å²) in [6.07, 6.45) is 5.13. The van der Waals surface area contributed by atoms with E-state index in [0.29, 0.717) is 30.6 Å². The maximum atomic E-state index is 15.6. The molecule has 0 heterocycles. The highest BCUT2D eigenvalue weighted by atomic mass is 32.2. The van der Waals surface area contributed by atoms with Gasteiger partial charge in [0.25, 0.3) is 0 Å². The summed E-state index contributed by atoms with van der Waals surface area (Å²) in [5.41, 5.74) is -0.0946. The Kier molecular flexibility index (Phi) is 8.50. The molecule has 1 aromatic rings. The summed E-state index contributed by atoms with van der Waals surface area (Å²) in [4.78, 5) is -0.315. The van der Waals surface area contributed by atoms with E-state index in [-0.39, 0.29) is 45.9 Å². The highest BCUT2D eigenvalue weighted by molar-refractivity contribution is 7.89. The van der Waals surface area contributed by atoms with Gasteiger partial charge in [0.2, 0.25) is 10.0 Å². The third-order valence-corrected chi connectivity index (χ3v) is 13.9. The number of alkyl halides is 1. The lowest BCUT2D eigenvalue weighted by molar-refractivity contribution is -0.222. The van der Waals surface area contributed by atoms with Gasteiger partial charge in [0.05, 0.1) is 12.2 Å². The zero-order chi connectivity index (χ0) is 29.0. The first-order chi connectivity index (χ1) is 18.9. The average molecular weight is 582 g/mol. The third-order valence-electron chi connectivity index (χ3n) is 12.4. The maximum Gasteiger partial charge on any atom is 0.243 e. The predicted molar refractivity (Wildman–Crippen MR) is 152 cm³/mol. The van der Waals surface area contributed by atoms with Crippen molar-refractivity contribution >= 4 is 10.0 Å². The molecule has 1 aromatic carbocycles. The summed E-state index contributed by atoms with van der Waals surface area (Å²) in [7, 11) is -3.88. The van der Waals surface area contributed by atoms with Gasteiger partial charge in [0, 0.05) is 12.5 Å². The second-order valence-corrected chi connectivity index (χ2v) is 15.8. The summed E-state index contributed by atoms with van der Waals surface area (Å²) < 4.78 is 57.3. The van der Waals surface area contributed by atoms with Crippen LogP contribution in [0.3, 0.4) is 0 Å². The van der Waals surface area contributed by atoms with Gasteiger partial charge in [-0.3, -0.25) is 0 Å². The normalized spacial score (nSPS) is 44.0. The number of sulfonamides is 1. The Morgan fingerprint density at radius 2 is 1.73 bits per heavy atom. The zero-order valence-electron chi connectivity index (χ0n) is 24.5. The first-order valence-corrected chi connectivity index (χ1v) is 17.1. The van der Waals surface area contributed by atoms with Crippen molar-refractivity contribution in [3.63, 3.8) is 0 Å². The first kappa shape index (κ1) is 30.4. The molecule has 0 spiro atoms. The van der Waals surface area contributed by atoms with Crippen LogP contribution in [0.15, 0.2) is 29.2 Å². The van der Waals surface area contributed by atoms with Crippen LogP contribution in [0.4, 0.5) is 8.78 Å². The van der Waals surface area contributed by atoms with Crippen LogP contribution in [0.5, 0.6) is 0 Å². The minimum absolute atomic E-state index is 0.0963. The molecule has 0 aliphatic heterocycles. The molecule has 0 radical (unpaired) electrons. The van der Waals surface area contributed by atoms with E-state index in [1.54, 1.807) is 0 Å². The molecule has 5 rings (SSSR count). The summed E-state index contributed by atoms with van der Waals surface area (Å²) in [5, 5.41) is 22.2. The number of hydrogen-bond acceptors (Lipinski definition) is 4. The smallest absolute Gasteiger partial charge is 0.243 e. The Hall–Kier alpha value is -1.09. The Balaban J connectivity index is 1.26. The molecule has 4 aliphatic carbocycles. The Morgan fingerprint density at radius 1 is 1.05 bits per heavy atom. The average Bonchev–Trinajstić information content (AvgIpc) is 3.27. The minimum atomic E-state index is -3.88. The summed E-state index contributed by atoms with van der Waals surface area (Å²) >= 11 is 0. The quantitative estimate of drug-likeness (QED) is 0.324. The standard InChI is InChI=1S/C32H49F2NO4S/c1-5-20-28-29(34)25(36)15-17-32(28,4)23-14-16-31(3)21(12-13-22(31)27(23)30(20)37)19(2)9-8-18-35-40(38,39)26-11-7-6-10-24(26)33/h6-7,10-11,19-23,25,27-30,35-37H,5,8-9,12-18H2,1-4H3/t19-,20-,21-,22+,23+,25-,27+,28-,29+,30-,31-,32-/m1/s1. The van der Waals surface area contributed by atoms with Crippen molar-refractivity contribution in [1.29, 1.82) is 0 Å². The van der Waals surface area contributed by atoms with E-state index in [2.05, 4.69) is 32.4 Å². The highest BCUT2D eigenvalue weighted by Gasteiger charge is 2.66. The lowest BCUT2D eigenvalue weighted by atomic mass is 9.41. The van der Waals surface area contributed by atoms with E-state index < -0.39 is 34.2 Å². The molecule has 0 aromatic heterocycles. The maximum absolute atomic E-state index is 15.6. The van der Waals surface area contributed by atoms with E-state index in [4.69, 9.17) is 0 Å². The number of halogens is 2.